The van der Waals surface area contributed by atoms with Crippen molar-refractivity contribution >= 4 is 5.91 Å². The van der Waals surface area contributed by atoms with Gasteiger partial charge >= 0.3 is 0 Å². The topological polar surface area (TPSA) is 32.3 Å². The Morgan fingerprint density at radius 2 is 2.11 bits per heavy atom. The first-order valence-corrected chi connectivity index (χ1v) is 7.26. The maximum Gasteiger partial charge on any atom is 0.227 e. The molecule has 0 aliphatic carbocycles. The highest BCUT2D eigenvalue weighted by molar-refractivity contribution is 5.79. The van der Waals surface area contributed by atoms with Gasteiger partial charge in [0.15, 0.2) is 0 Å². The lowest BCUT2D eigenvalue weighted by Crippen LogP contribution is -2.46. The van der Waals surface area contributed by atoms with Crippen LogP contribution in [0.3, 0.4) is 0 Å². The number of likely N-dealkylation sites (N-methyl/N-ethyl adjacent to an activating group) is 1. The van der Waals surface area contributed by atoms with E-state index in [1.165, 1.54) is 5.56 Å². The number of amides is 1. The molecule has 1 N–H and O–H groups in total. The molecule has 1 saturated heterocycles. The molecular weight excluding hydrogens is 236 g/mol. The van der Waals surface area contributed by atoms with Crippen LogP contribution in [0.15, 0.2) is 24.3 Å². The molecule has 0 saturated carbocycles. The lowest BCUT2D eigenvalue weighted by atomic mass is 10.0. The molecule has 19 heavy (non-hydrogen) atoms. The summed E-state index contributed by atoms with van der Waals surface area (Å²) >= 11 is 0. The number of aryl methyl sites for hydroxylation is 1. The van der Waals surface area contributed by atoms with Gasteiger partial charge in [0.05, 0.1) is 6.42 Å². The molecule has 0 bridgehead atoms. The van der Waals surface area contributed by atoms with E-state index < -0.39 is 0 Å². The van der Waals surface area contributed by atoms with Gasteiger partial charge in [-0.1, -0.05) is 29.8 Å². The standard InChI is InChI=1S/C16H24N2O/c1-3-18(15-7-9-17-10-8-15)16(19)12-14-6-4-5-13(2)11-14/h4-6,11,15,17H,3,7-10,12H2,1-2H3. The molecule has 0 aromatic heterocycles. The minimum atomic E-state index is 0.264. The summed E-state index contributed by atoms with van der Waals surface area (Å²) in [5.41, 5.74) is 2.34. The van der Waals surface area contributed by atoms with Crippen LogP contribution in [0.2, 0.25) is 0 Å². The molecule has 0 atom stereocenters. The molecule has 1 heterocycles. The average Bonchev–Trinajstić information content (AvgIpc) is 2.41. The highest BCUT2D eigenvalue weighted by atomic mass is 16.2. The van der Waals surface area contributed by atoms with Gasteiger partial charge in [-0.05, 0) is 45.3 Å². The van der Waals surface area contributed by atoms with E-state index in [9.17, 15) is 4.79 Å². The molecule has 0 spiro atoms. The van der Waals surface area contributed by atoms with Gasteiger partial charge in [0.25, 0.3) is 0 Å². The number of benzene rings is 1. The van der Waals surface area contributed by atoms with Gasteiger partial charge in [-0.15, -0.1) is 0 Å². The van der Waals surface area contributed by atoms with Crippen LogP contribution >= 0.6 is 0 Å². The number of piperidine rings is 1. The Morgan fingerprint density at radius 3 is 2.74 bits per heavy atom. The summed E-state index contributed by atoms with van der Waals surface area (Å²) in [4.78, 5) is 14.5. The van der Waals surface area contributed by atoms with E-state index >= 15 is 0 Å². The normalized spacial score (nSPS) is 16.3. The molecule has 1 aromatic rings. The molecule has 3 nitrogen and oxygen atoms in total. The fraction of sp³-hybridized carbons (Fsp3) is 0.562. The second-order valence-electron chi connectivity index (χ2n) is 5.33. The van der Waals surface area contributed by atoms with Crippen molar-refractivity contribution in [3.63, 3.8) is 0 Å². The molecule has 2 rings (SSSR count). The van der Waals surface area contributed by atoms with Gasteiger partial charge in [-0.3, -0.25) is 4.79 Å². The Hall–Kier alpha value is -1.35. The van der Waals surface area contributed by atoms with Gasteiger partial charge in [-0.25, -0.2) is 0 Å². The maximum absolute atomic E-state index is 12.5. The number of carbonyl (C=O) groups is 1. The number of nitrogens with zero attached hydrogens (tertiary/aromatic N) is 1. The van der Waals surface area contributed by atoms with Crippen LogP contribution in [-0.2, 0) is 11.2 Å². The van der Waals surface area contributed by atoms with Crippen LogP contribution in [0.1, 0.15) is 30.9 Å². The predicted octanol–water partition coefficient (Wildman–Crippen LogP) is 2.14. The first kappa shape index (κ1) is 14.1. The Labute approximate surface area is 116 Å². The Kier molecular flexibility index (Phi) is 4.97. The lowest BCUT2D eigenvalue weighted by Gasteiger charge is -2.34. The van der Waals surface area contributed by atoms with Crippen LogP contribution in [0.5, 0.6) is 0 Å². The third kappa shape index (κ3) is 3.80. The summed E-state index contributed by atoms with van der Waals surface area (Å²) in [7, 11) is 0. The van der Waals surface area contributed by atoms with Gasteiger partial charge in [0, 0.05) is 12.6 Å². The summed E-state index contributed by atoms with van der Waals surface area (Å²) in [6.45, 7) is 7.02. The van der Waals surface area contributed by atoms with E-state index in [0.29, 0.717) is 12.5 Å². The fourth-order valence-electron chi connectivity index (χ4n) is 2.85. The van der Waals surface area contributed by atoms with Crippen LogP contribution < -0.4 is 5.32 Å². The van der Waals surface area contributed by atoms with Crippen molar-refractivity contribution in [2.45, 2.75) is 39.2 Å². The highest BCUT2D eigenvalue weighted by Crippen LogP contribution is 2.14. The zero-order chi connectivity index (χ0) is 13.7. The largest absolute Gasteiger partial charge is 0.340 e. The van der Waals surface area contributed by atoms with Gasteiger partial charge in [-0.2, -0.15) is 0 Å². The molecule has 104 valence electrons. The minimum Gasteiger partial charge on any atom is -0.340 e. The summed E-state index contributed by atoms with van der Waals surface area (Å²) in [6.07, 6.45) is 2.68. The molecule has 1 aliphatic rings. The van der Waals surface area contributed by atoms with Gasteiger partial charge < -0.3 is 10.2 Å². The minimum absolute atomic E-state index is 0.264. The van der Waals surface area contributed by atoms with Gasteiger partial charge in [0.2, 0.25) is 5.91 Å². The van der Waals surface area contributed by atoms with E-state index in [1.807, 2.05) is 12.1 Å². The van der Waals surface area contributed by atoms with E-state index in [0.717, 1.165) is 38.0 Å². The number of nitrogens with one attached hydrogen (secondary N) is 1. The van der Waals surface area contributed by atoms with E-state index in [2.05, 4.69) is 36.2 Å². The Balaban J connectivity index is 2.00. The molecule has 1 aliphatic heterocycles. The number of hydrogen-bond acceptors (Lipinski definition) is 2. The van der Waals surface area contributed by atoms with E-state index in [1.54, 1.807) is 0 Å². The number of hydrogen-bond donors (Lipinski definition) is 1. The molecule has 0 unspecified atom stereocenters. The zero-order valence-corrected chi connectivity index (χ0v) is 12.0. The third-order valence-corrected chi connectivity index (χ3v) is 3.85. The molecule has 1 amide bonds. The first-order valence-electron chi connectivity index (χ1n) is 7.26. The van der Waals surface area contributed by atoms with Gasteiger partial charge in [0.1, 0.15) is 0 Å². The zero-order valence-electron chi connectivity index (χ0n) is 12.0. The molecule has 1 aromatic carbocycles. The lowest BCUT2D eigenvalue weighted by molar-refractivity contribution is -0.133. The van der Waals surface area contributed by atoms with Crippen LogP contribution in [-0.4, -0.2) is 36.5 Å². The second kappa shape index (κ2) is 6.71. The van der Waals surface area contributed by atoms with Crippen molar-refractivity contribution in [2.75, 3.05) is 19.6 Å². The van der Waals surface area contributed by atoms with E-state index in [4.69, 9.17) is 0 Å². The molecule has 0 radical (unpaired) electrons. The Morgan fingerprint density at radius 1 is 1.37 bits per heavy atom. The van der Waals surface area contributed by atoms with Crippen LogP contribution in [0.25, 0.3) is 0 Å². The van der Waals surface area contributed by atoms with Crippen LogP contribution in [0, 0.1) is 6.92 Å². The summed E-state index contributed by atoms with van der Waals surface area (Å²) < 4.78 is 0. The monoisotopic (exact) mass is 260 g/mol. The van der Waals surface area contributed by atoms with Crippen molar-refractivity contribution < 1.29 is 4.79 Å². The second-order valence-corrected chi connectivity index (χ2v) is 5.33. The molecular formula is C16H24N2O. The summed E-state index contributed by atoms with van der Waals surface area (Å²) in [6, 6.07) is 8.66. The summed E-state index contributed by atoms with van der Waals surface area (Å²) in [5, 5.41) is 3.35. The maximum atomic E-state index is 12.5. The van der Waals surface area contributed by atoms with Crippen LogP contribution in [0.4, 0.5) is 0 Å². The quantitative estimate of drug-likeness (QED) is 0.899. The molecule has 3 heteroatoms. The first-order chi connectivity index (χ1) is 9.20. The SMILES string of the molecule is CCN(C(=O)Cc1cccc(C)c1)C1CCNCC1. The average molecular weight is 260 g/mol. The van der Waals surface area contributed by atoms with Crippen molar-refractivity contribution in [3.8, 4) is 0 Å². The van der Waals surface area contributed by atoms with E-state index in [-0.39, 0.29) is 5.91 Å². The van der Waals surface area contributed by atoms with Crippen molar-refractivity contribution in [3.05, 3.63) is 35.4 Å². The van der Waals surface area contributed by atoms with Crippen molar-refractivity contribution in [1.29, 1.82) is 0 Å². The fourth-order valence-corrected chi connectivity index (χ4v) is 2.85. The molecule has 1 fully saturated rings. The number of carbonyl (C=O) groups excluding carboxylic acids is 1. The van der Waals surface area contributed by atoms with Crippen molar-refractivity contribution in [2.24, 2.45) is 0 Å². The predicted molar refractivity (Wildman–Crippen MR) is 78.2 cm³/mol. The third-order valence-electron chi connectivity index (χ3n) is 3.85. The highest BCUT2D eigenvalue weighted by Gasteiger charge is 2.23. The summed E-state index contributed by atoms with van der Waals surface area (Å²) in [5.74, 6) is 0.264. The van der Waals surface area contributed by atoms with Crippen molar-refractivity contribution in [1.82, 2.24) is 10.2 Å². The smallest absolute Gasteiger partial charge is 0.227 e. The Bertz CT molecular complexity index is 425. The number of rotatable bonds is 4.